The summed E-state index contributed by atoms with van der Waals surface area (Å²) in [6.07, 6.45) is 0. The molecule has 2 N–H and O–H groups in total. The van der Waals surface area contributed by atoms with Gasteiger partial charge in [-0.25, -0.2) is 4.39 Å². The number of nitrogens with one attached hydrogen (secondary N) is 1. The summed E-state index contributed by atoms with van der Waals surface area (Å²) in [5.41, 5.74) is 0.607. The fourth-order valence-corrected chi connectivity index (χ4v) is 1.39. The molecular formula is C12H18FNO. The highest BCUT2D eigenvalue weighted by Crippen LogP contribution is 2.24. The molecule has 1 rings (SSSR count). The Balaban J connectivity index is 2.72. The van der Waals surface area contributed by atoms with Crippen LogP contribution in [-0.2, 0) is 0 Å². The molecule has 1 aromatic carbocycles. The van der Waals surface area contributed by atoms with E-state index >= 15 is 0 Å². The second kappa shape index (κ2) is 5.12. The van der Waals surface area contributed by atoms with E-state index in [9.17, 15) is 9.50 Å². The van der Waals surface area contributed by atoms with Crippen LogP contribution < -0.4 is 5.32 Å². The Labute approximate surface area is 90.1 Å². The van der Waals surface area contributed by atoms with Crippen LogP contribution in [0.1, 0.15) is 32.4 Å². The van der Waals surface area contributed by atoms with Gasteiger partial charge >= 0.3 is 0 Å². The highest BCUT2D eigenvalue weighted by Gasteiger charge is 2.11. The summed E-state index contributed by atoms with van der Waals surface area (Å²) >= 11 is 0. The Morgan fingerprint density at radius 1 is 1.33 bits per heavy atom. The van der Waals surface area contributed by atoms with Crippen LogP contribution >= 0.6 is 0 Å². The van der Waals surface area contributed by atoms with Crippen LogP contribution in [0.25, 0.3) is 0 Å². The molecular weight excluding hydrogens is 193 g/mol. The van der Waals surface area contributed by atoms with E-state index in [1.54, 1.807) is 0 Å². The molecule has 0 aromatic heterocycles. The van der Waals surface area contributed by atoms with Crippen molar-refractivity contribution in [3.05, 3.63) is 29.6 Å². The van der Waals surface area contributed by atoms with E-state index in [1.807, 2.05) is 6.92 Å². The van der Waals surface area contributed by atoms with E-state index in [0.29, 0.717) is 11.5 Å². The topological polar surface area (TPSA) is 32.3 Å². The lowest BCUT2D eigenvalue weighted by atomic mass is 10.1. The van der Waals surface area contributed by atoms with E-state index in [4.69, 9.17) is 0 Å². The molecule has 0 aliphatic rings. The van der Waals surface area contributed by atoms with Crippen molar-refractivity contribution in [3.8, 4) is 5.75 Å². The van der Waals surface area contributed by atoms with Crippen molar-refractivity contribution in [2.75, 3.05) is 6.54 Å². The highest BCUT2D eigenvalue weighted by molar-refractivity contribution is 5.34. The van der Waals surface area contributed by atoms with Crippen LogP contribution in [0.5, 0.6) is 5.75 Å². The summed E-state index contributed by atoms with van der Waals surface area (Å²) in [5.74, 6) is 0.351. The molecule has 0 radical (unpaired) electrons. The van der Waals surface area contributed by atoms with Crippen LogP contribution in [0.4, 0.5) is 4.39 Å². The SMILES string of the molecule is CC(C)CN[C@@H](C)c1cc(F)ccc1O. The minimum atomic E-state index is -0.319. The highest BCUT2D eigenvalue weighted by atomic mass is 19.1. The van der Waals surface area contributed by atoms with Crippen molar-refractivity contribution >= 4 is 0 Å². The van der Waals surface area contributed by atoms with E-state index in [0.717, 1.165) is 6.54 Å². The predicted octanol–water partition coefficient (Wildman–Crippen LogP) is 2.84. The Hall–Kier alpha value is -1.09. The normalized spacial score (nSPS) is 13.1. The Bertz CT molecular complexity index is 325. The van der Waals surface area contributed by atoms with Gasteiger partial charge < -0.3 is 10.4 Å². The maximum atomic E-state index is 13.0. The van der Waals surface area contributed by atoms with E-state index in [1.165, 1.54) is 18.2 Å². The smallest absolute Gasteiger partial charge is 0.123 e. The van der Waals surface area contributed by atoms with Crippen molar-refractivity contribution in [1.82, 2.24) is 5.32 Å². The molecule has 15 heavy (non-hydrogen) atoms. The first kappa shape index (κ1) is 12.0. The zero-order valence-corrected chi connectivity index (χ0v) is 9.42. The van der Waals surface area contributed by atoms with Crippen LogP contribution in [0.2, 0.25) is 0 Å². The Morgan fingerprint density at radius 2 is 2.00 bits per heavy atom. The third-order valence-electron chi connectivity index (χ3n) is 2.29. The van der Waals surface area contributed by atoms with Gasteiger partial charge in [-0.2, -0.15) is 0 Å². The number of hydrogen-bond donors (Lipinski definition) is 2. The van der Waals surface area contributed by atoms with Gasteiger partial charge in [0.25, 0.3) is 0 Å². The molecule has 0 saturated heterocycles. The molecule has 0 spiro atoms. The summed E-state index contributed by atoms with van der Waals surface area (Å²) in [4.78, 5) is 0. The number of aromatic hydroxyl groups is 1. The van der Waals surface area contributed by atoms with E-state index in [-0.39, 0.29) is 17.6 Å². The molecule has 0 bridgehead atoms. The first-order valence-corrected chi connectivity index (χ1v) is 5.22. The van der Waals surface area contributed by atoms with Gasteiger partial charge in [-0.3, -0.25) is 0 Å². The third-order valence-corrected chi connectivity index (χ3v) is 2.29. The summed E-state index contributed by atoms with van der Waals surface area (Å²) in [6.45, 7) is 6.96. The van der Waals surface area contributed by atoms with Gasteiger partial charge in [0, 0.05) is 11.6 Å². The average molecular weight is 211 g/mol. The Kier molecular flexibility index (Phi) is 4.09. The number of hydrogen-bond acceptors (Lipinski definition) is 2. The van der Waals surface area contributed by atoms with Gasteiger partial charge in [0.2, 0.25) is 0 Å². The molecule has 1 atom stereocenters. The van der Waals surface area contributed by atoms with Crippen LogP contribution in [0, 0.1) is 11.7 Å². The lowest BCUT2D eigenvalue weighted by Gasteiger charge is -2.17. The first-order valence-electron chi connectivity index (χ1n) is 5.22. The standard InChI is InChI=1S/C12H18FNO/c1-8(2)7-14-9(3)11-6-10(13)4-5-12(11)15/h4-6,8-9,14-15H,7H2,1-3H3/t9-/m0/s1. The summed E-state index contributed by atoms with van der Waals surface area (Å²) in [7, 11) is 0. The maximum Gasteiger partial charge on any atom is 0.123 e. The molecule has 2 nitrogen and oxygen atoms in total. The van der Waals surface area contributed by atoms with Gasteiger partial charge in [-0.1, -0.05) is 13.8 Å². The van der Waals surface area contributed by atoms with Gasteiger partial charge in [-0.05, 0) is 37.6 Å². The zero-order valence-electron chi connectivity index (χ0n) is 9.42. The monoisotopic (exact) mass is 211 g/mol. The maximum absolute atomic E-state index is 13.0. The average Bonchev–Trinajstić information content (AvgIpc) is 2.18. The van der Waals surface area contributed by atoms with Crippen LogP contribution in [-0.4, -0.2) is 11.7 Å². The van der Waals surface area contributed by atoms with Crippen molar-refractivity contribution in [2.45, 2.75) is 26.8 Å². The van der Waals surface area contributed by atoms with E-state index in [2.05, 4.69) is 19.2 Å². The number of rotatable bonds is 4. The van der Waals surface area contributed by atoms with Crippen molar-refractivity contribution in [2.24, 2.45) is 5.92 Å². The van der Waals surface area contributed by atoms with E-state index < -0.39 is 0 Å². The van der Waals surface area contributed by atoms with Gasteiger partial charge in [0.15, 0.2) is 0 Å². The molecule has 0 fully saturated rings. The van der Waals surface area contributed by atoms with Gasteiger partial charge in [0.05, 0.1) is 0 Å². The third kappa shape index (κ3) is 3.51. The van der Waals surface area contributed by atoms with Crippen molar-refractivity contribution in [3.63, 3.8) is 0 Å². The zero-order chi connectivity index (χ0) is 11.4. The number of halogens is 1. The molecule has 0 amide bonds. The summed E-state index contributed by atoms with van der Waals surface area (Å²) in [6, 6.07) is 3.97. The molecule has 0 saturated carbocycles. The fraction of sp³-hybridized carbons (Fsp3) is 0.500. The molecule has 1 aromatic rings. The van der Waals surface area contributed by atoms with Crippen molar-refractivity contribution < 1.29 is 9.50 Å². The van der Waals surface area contributed by atoms with Crippen molar-refractivity contribution in [1.29, 1.82) is 0 Å². The number of benzene rings is 1. The molecule has 0 heterocycles. The molecule has 0 aliphatic carbocycles. The van der Waals surface area contributed by atoms with Crippen LogP contribution in [0.3, 0.4) is 0 Å². The van der Waals surface area contributed by atoms with Crippen LogP contribution in [0.15, 0.2) is 18.2 Å². The molecule has 84 valence electrons. The largest absolute Gasteiger partial charge is 0.508 e. The second-order valence-electron chi connectivity index (χ2n) is 4.23. The minimum absolute atomic E-state index is 0.0388. The molecule has 0 unspecified atom stereocenters. The quantitative estimate of drug-likeness (QED) is 0.802. The minimum Gasteiger partial charge on any atom is -0.508 e. The molecule has 0 aliphatic heterocycles. The fourth-order valence-electron chi connectivity index (χ4n) is 1.39. The summed E-state index contributed by atoms with van der Waals surface area (Å²) < 4.78 is 13.0. The lowest BCUT2D eigenvalue weighted by molar-refractivity contribution is 0.439. The Morgan fingerprint density at radius 3 is 2.60 bits per heavy atom. The summed E-state index contributed by atoms with van der Waals surface area (Å²) in [5, 5.41) is 12.8. The number of phenols is 1. The first-order chi connectivity index (χ1) is 7.00. The number of phenolic OH excluding ortho intramolecular Hbond substituents is 1. The lowest BCUT2D eigenvalue weighted by Crippen LogP contribution is -2.23. The van der Waals surface area contributed by atoms with Gasteiger partial charge in [-0.15, -0.1) is 0 Å². The molecule has 3 heteroatoms. The second-order valence-corrected chi connectivity index (χ2v) is 4.23. The predicted molar refractivity (Wildman–Crippen MR) is 59.3 cm³/mol. The van der Waals surface area contributed by atoms with Gasteiger partial charge in [0.1, 0.15) is 11.6 Å².